The van der Waals surface area contributed by atoms with Crippen molar-refractivity contribution in [1.82, 2.24) is 4.98 Å². The van der Waals surface area contributed by atoms with Gasteiger partial charge in [0.05, 0.1) is 5.56 Å². The van der Waals surface area contributed by atoms with E-state index in [0.717, 1.165) is 17.5 Å². The summed E-state index contributed by atoms with van der Waals surface area (Å²) in [5.74, 6) is -0.974. The smallest absolute Gasteiger partial charge is 0.201 e. The van der Waals surface area contributed by atoms with E-state index in [2.05, 4.69) is 4.98 Å². The van der Waals surface area contributed by atoms with Gasteiger partial charge in [-0.1, -0.05) is 0 Å². The lowest BCUT2D eigenvalue weighted by Crippen LogP contribution is -2.12. The van der Waals surface area contributed by atoms with Gasteiger partial charge in [0.1, 0.15) is 11.6 Å². The average Bonchev–Trinajstić information content (AvgIpc) is 2.74. The van der Waals surface area contributed by atoms with E-state index in [1.54, 1.807) is 6.07 Å². The topological polar surface area (TPSA) is 59.2 Å². The number of aromatic nitrogens is 1. The lowest BCUT2D eigenvalue weighted by Gasteiger charge is -2.07. The van der Waals surface area contributed by atoms with Gasteiger partial charge in [-0.25, -0.2) is 4.39 Å². The third-order valence-corrected chi connectivity index (χ3v) is 3.14. The van der Waals surface area contributed by atoms with Gasteiger partial charge in [0.25, 0.3) is 0 Å². The van der Waals surface area contributed by atoms with Crippen LogP contribution in [0.2, 0.25) is 0 Å². The quantitative estimate of drug-likeness (QED) is 0.860. The predicted octanol–water partition coefficient (Wildman–Crippen LogP) is 3.23. The number of H-pyrrole nitrogens is 1. The number of rotatable bonds is 5. The number of benzene rings is 1. The molecule has 0 saturated carbocycles. The summed E-state index contributed by atoms with van der Waals surface area (Å²) in [6.45, 7) is 4.78. The van der Waals surface area contributed by atoms with Gasteiger partial charge < -0.3 is 9.72 Å². The first-order valence-electron chi connectivity index (χ1n) is 6.51. The highest BCUT2D eigenvalue weighted by molar-refractivity contribution is 5.98. The van der Waals surface area contributed by atoms with E-state index in [9.17, 15) is 14.0 Å². The summed E-state index contributed by atoms with van der Waals surface area (Å²) in [5, 5.41) is 0. The minimum atomic E-state index is -0.652. The molecule has 1 heterocycles. The van der Waals surface area contributed by atoms with Crippen molar-refractivity contribution >= 4 is 11.6 Å². The molecule has 0 radical (unpaired) electrons. The zero-order valence-corrected chi connectivity index (χ0v) is 12.1. The summed E-state index contributed by atoms with van der Waals surface area (Å²) in [7, 11) is 0. The normalized spacial score (nSPS) is 10.5. The monoisotopic (exact) mass is 289 g/mol. The second-order valence-corrected chi connectivity index (χ2v) is 4.90. The van der Waals surface area contributed by atoms with Gasteiger partial charge in [0.2, 0.25) is 5.78 Å². The number of hydrogen-bond acceptors (Lipinski definition) is 3. The Morgan fingerprint density at radius 1 is 1.19 bits per heavy atom. The SMILES string of the molecule is CC(=O)c1ccc(OCC(=O)c2cc(C)[nH]c2C)cc1F. The zero-order valence-electron chi connectivity index (χ0n) is 12.1. The maximum Gasteiger partial charge on any atom is 0.201 e. The molecule has 0 saturated heterocycles. The van der Waals surface area contributed by atoms with E-state index in [1.807, 2.05) is 13.8 Å². The summed E-state index contributed by atoms with van der Waals surface area (Å²) in [6, 6.07) is 5.69. The molecule has 1 aromatic heterocycles. The molecule has 110 valence electrons. The molecule has 21 heavy (non-hydrogen) atoms. The molecule has 1 aromatic carbocycles. The van der Waals surface area contributed by atoms with Gasteiger partial charge in [-0.15, -0.1) is 0 Å². The maximum atomic E-state index is 13.6. The van der Waals surface area contributed by atoms with Crippen molar-refractivity contribution in [3.05, 3.63) is 52.6 Å². The predicted molar refractivity (Wildman–Crippen MR) is 76.5 cm³/mol. The molecule has 0 aliphatic heterocycles. The van der Waals surface area contributed by atoms with Crippen LogP contribution in [-0.4, -0.2) is 23.2 Å². The highest BCUT2D eigenvalue weighted by Crippen LogP contribution is 2.18. The van der Waals surface area contributed by atoms with Crippen molar-refractivity contribution in [2.75, 3.05) is 6.61 Å². The van der Waals surface area contributed by atoms with Crippen LogP contribution >= 0.6 is 0 Å². The molecular weight excluding hydrogens is 273 g/mol. The van der Waals surface area contributed by atoms with Crippen LogP contribution in [0.1, 0.15) is 39.0 Å². The van der Waals surface area contributed by atoms with Crippen LogP contribution < -0.4 is 4.74 Å². The average molecular weight is 289 g/mol. The number of nitrogens with one attached hydrogen (secondary N) is 1. The molecule has 0 bridgehead atoms. The summed E-state index contributed by atoms with van der Waals surface area (Å²) in [6.07, 6.45) is 0. The minimum Gasteiger partial charge on any atom is -0.485 e. The Bertz CT molecular complexity index is 704. The number of ketones is 2. The molecule has 4 nitrogen and oxygen atoms in total. The Morgan fingerprint density at radius 2 is 1.90 bits per heavy atom. The van der Waals surface area contributed by atoms with E-state index >= 15 is 0 Å². The first kappa shape index (κ1) is 15.0. The number of carbonyl (C=O) groups excluding carboxylic acids is 2. The van der Waals surface area contributed by atoms with E-state index in [0.29, 0.717) is 5.56 Å². The van der Waals surface area contributed by atoms with Crippen molar-refractivity contribution in [2.24, 2.45) is 0 Å². The number of aromatic amines is 1. The Morgan fingerprint density at radius 3 is 2.43 bits per heavy atom. The third-order valence-electron chi connectivity index (χ3n) is 3.14. The minimum absolute atomic E-state index is 0.00535. The molecule has 5 heteroatoms. The number of hydrogen-bond donors (Lipinski definition) is 1. The Hall–Kier alpha value is -2.43. The lowest BCUT2D eigenvalue weighted by atomic mass is 10.1. The molecule has 0 aliphatic carbocycles. The standard InChI is InChI=1S/C16H16FNO3/c1-9-6-14(10(2)18-9)16(20)8-21-12-4-5-13(11(3)19)15(17)7-12/h4-7,18H,8H2,1-3H3. The van der Waals surface area contributed by atoms with Crippen molar-refractivity contribution in [2.45, 2.75) is 20.8 Å². The fourth-order valence-corrected chi connectivity index (χ4v) is 2.11. The van der Waals surface area contributed by atoms with E-state index in [4.69, 9.17) is 4.74 Å². The van der Waals surface area contributed by atoms with Crippen LogP contribution in [0, 0.1) is 19.7 Å². The van der Waals surface area contributed by atoms with Crippen molar-refractivity contribution in [3.8, 4) is 5.75 Å². The molecule has 1 N–H and O–H groups in total. The van der Waals surface area contributed by atoms with Crippen LogP contribution in [-0.2, 0) is 0 Å². The van der Waals surface area contributed by atoms with Crippen LogP contribution in [0.3, 0.4) is 0 Å². The highest BCUT2D eigenvalue weighted by atomic mass is 19.1. The molecule has 0 fully saturated rings. The van der Waals surface area contributed by atoms with E-state index in [1.165, 1.54) is 19.1 Å². The molecule has 2 rings (SSSR count). The third kappa shape index (κ3) is 3.37. The summed E-state index contributed by atoms with van der Waals surface area (Å²) in [5.41, 5.74) is 2.24. The van der Waals surface area contributed by atoms with Crippen LogP contribution in [0.4, 0.5) is 4.39 Å². The second kappa shape index (κ2) is 5.91. The molecule has 0 amide bonds. The molecular formula is C16H16FNO3. The number of halogens is 1. The zero-order chi connectivity index (χ0) is 15.6. The molecule has 0 aliphatic rings. The van der Waals surface area contributed by atoms with Gasteiger partial charge in [-0.3, -0.25) is 9.59 Å². The largest absolute Gasteiger partial charge is 0.485 e. The van der Waals surface area contributed by atoms with Crippen molar-refractivity contribution < 1.29 is 18.7 Å². The first-order valence-corrected chi connectivity index (χ1v) is 6.51. The summed E-state index contributed by atoms with van der Waals surface area (Å²) < 4.78 is 18.9. The van der Waals surface area contributed by atoms with E-state index < -0.39 is 5.82 Å². The Labute approximate surface area is 121 Å². The van der Waals surface area contributed by atoms with Gasteiger partial charge in [-0.05, 0) is 39.0 Å². The summed E-state index contributed by atoms with van der Waals surface area (Å²) in [4.78, 5) is 26.2. The van der Waals surface area contributed by atoms with Crippen LogP contribution in [0.15, 0.2) is 24.3 Å². The highest BCUT2D eigenvalue weighted by Gasteiger charge is 2.13. The van der Waals surface area contributed by atoms with Gasteiger partial charge >= 0.3 is 0 Å². The number of ether oxygens (including phenoxy) is 1. The Balaban J connectivity index is 2.06. The number of Topliss-reactive ketones (excluding diaryl/α,β-unsaturated/α-hetero) is 2. The molecule has 0 atom stereocenters. The fraction of sp³-hybridized carbons (Fsp3) is 0.250. The molecule has 2 aromatic rings. The molecule has 0 spiro atoms. The number of carbonyl (C=O) groups is 2. The van der Waals surface area contributed by atoms with Crippen molar-refractivity contribution in [1.29, 1.82) is 0 Å². The van der Waals surface area contributed by atoms with Crippen LogP contribution in [0.5, 0.6) is 5.75 Å². The van der Waals surface area contributed by atoms with Crippen LogP contribution in [0.25, 0.3) is 0 Å². The van der Waals surface area contributed by atoms with Gasteiger partial charge in [-0.2, -0.15) is 0 Å². The molecule has 0 unspecified atom stereocenters. The first-order chi connectivity index (χ1) is 9.88. The van der Waals surface area contributed by atoms with Gasteiger partial charge in [0, 0.05) is 23.0 Å². The fourth-order valence-electron chi connectivity index (χ4n) is 2.11. The van der Waals surface area contributed by atoms with E-state index in [-0.39, 0.29) is 29.5 Å². The van der Waals surface area contributed by atoms with Gasteiger partial charge in [0.15, 0.2) is 12.4 Å². The lowest BCUT2D eigenvalue weighted by molar-refractivity contribution is 0.0919. The Kier molecular flexibility index (Phi) is 4.21. The number of aryl methyl sites for hydroxylation is 2. The summed E-state index contributed by atoms with van der Waals surface area (Å²) >= 11 is 0. The maximum absolute atomic E-state index is 13.6. The second-order valence-electron chi connectivity index (χ2n) is 4.90. The van der Waals surface area contributed by atoms with Crippen molar-refractivity contribution in [3.63, 3.8) is 0 Å².